The minimum Gasteiger partial charge on any atom is -0.369 e. The van der Waals surface area contributed by atoms with Gasteiger partial charge >= 0.3 is 0 Å². The molecule has 170 valence electrons. The van der Waals surface area contributed by atoms with E-state index >= 15 is 0 Å². The molecule has 33 heavy (non-hydrogen) atoms. The van der Waals surface area contributed by atoms with Crippen LogP contribution < -0.4 is 5.73 Å². The van der Waals surface area contributed by atoms with E-state index in [0.29, 0.717) is 16.7 Å². The molecule has 3 aromatic rings. The summed E-state index contributed by atoms with van der Waals surface area (Å²) in [5.74, 6) is -0.238. The van der Waals surface area contributed by atoms with E-state index in [1.165, 1.54) is 4.90 Å². The lowest BCUT2D eigenvalue weighted by atomic mass is 9.81. The summed E-state index contributed by atoms with van der Waals surface area (Å²) in [6.07, 6.45) is 3.64. The Bertz CT molecular complexity index is 1320. The molecule has 4 rings (SSSR count). The Morgan fingerprint density at radius 1 is 1.06 bits per heavy atom. The Balaban J connectivity index is 1.87. The van der Waals surface area contributed by atoms with Crippen LogP contribution in [-0.2, 0) is 20.5 Å². The van der Waals surface area contributed by atoms with E-state index in [9.17, 15) is 17.8 Å². The molecule has 2 aromatic carbocycles. The lowest BCUT2D eigenvalue weighted by Gasteiger charge is -2.27. The number of carbonyl (C=O) groups excluding carboxylic acids is 1. The maximum absolute atomic E-state index is 13.5. The molecular formula is C24H24N4O4S. The Morgan fingerprint density at radius 2 is 1.76 bits per heavy atom. The third-order valence-electron chi connectivity index (χ3n) is 5.95. The molecule has 9 heteroatoms. The van der Waals surface area contributed by atoms with Gasteiger partial charge < -0.3 is 5.73 Å². The maximum Gasteiger partial charge on any atom is 0.271 e. The smallest absolute Gasteiger partial charge is 0.271 e. The Kier molecular flexibility index (Phi) is 5.77. The van der Waals surface area contributed by atoms with Crippen LogP contribution in [-0.4, -0.2) is 41.8 Å². The van der Waals surface area contributed by atoms with Crippen LogP contribution in [0.1, 0.15) is 35.3 Å². The molecule has 1 aromatic heterocycles. The average Bonchev–Trinajstić information content (AvgIpc) is 3.04. The number of likely N-dealkylation sites (N-methyl/N-ethyl adjacent to an activating group) is 1. The zero-order valence-electron chi connectivity index (χ0n) is 18.2. The standard InChI is InChI=1S/C24H24N4O4S/c1-3-21(33(30,31)32)16-9-11-19(12-10-16)24(22(29)28(2)23(25)27-24)20-8-4-6-17(14-20)18-7-5-13-26-15-18/h4-15,21H,3H2,1-2H3,(H2,25,27)(H,30,31,32). The van der Waals surface area contributed by atoms with Crippen molar-refractivity contribution in [3.63, 3.8) is 0 Å². The molecular weight excluding hydrogens is 440 g/mol. The summed E-state index contributed by atoms with van der Waals surface area (Å²) in [5.41, 5.74) is 7.98. The first-order valence-corrected chi connectivity index (χ1v) is 11.9. The summed E-state index contributed by atoms with van der Waals surface area (Å²) in [5, 5.41) is -1.05. The van der Waals surface area contributed by atoms with E-state index in [0.717, 1.165) is 11.1 Å². The fourth-order valence-corrected chi connectivity index (χ4v) is 5.12. The summed E-state index contributed by atoms with van der Waals surface area (Å²) >= 11 is 0. The van der Waals surface area contributed by atoms with Crippen LogP contribution in [0.25, 0.3) is 11.1 Å². The van der Waals surface area contributed by atoms with Gasteiger partial charge in [0.1, 0.15) is 5.25 Å². The molecule has 0 aliphatic carbocycles. The highest BCUT2D eigenvalue weighted by atomic mass is 32.2. The predicted octanol–water partition coefficient (Wildman–Crippen LogP) is 3.12. The number of nitrogens with zero attached hydrogens (tertiary/aromatic N) is 3. The molecule has 2 heterocycles. The van der Waals surface area contributed by atoms with Crippen LogP contribution in [0.2, 0.25) is 0 Å². The molecule has 8 nitrogen and oxygen atoms in total. The minimum absolute atomic E-state index is 0.0835. The van der Waals surface area contributed by atoms with E-state index < -0.39 is 20.9 Å². The quantitative estimate of drug-likeness (QED) is 0.540. The van der Waals surface area contributed by atoms with Crippen molar-refractivity contribution in [2.45, 2.75) is 24.1 Å². The van der Waals surface area contributed by atoms with Gasteiger partial charge in [0.05, 0.1) is 0 Å². The first-order valence-electron chi connectivity index (χ1n) is 10.4. The van der Waals surface area contributed by atoms with Crippen molar-refractivity contribution < 1.29 is 17.8 Å². The van der Waals surface area contributed by atoms with Gasteiger partial charge in [-0.3, -0.25) is 19.2 Å². The lowest BCUT2D eigenvalue weighted by molar-refractivity contribution is -0.129. The van der Waals surface area contributed by atoms with E-state index in [2.05, 4.69) is 9.98 Å². The SMILES string of the molecule is CCC(c1ccc(C2(c3cccc(-c4cccnc4)c3)N=C(N)N(C)C2=O)cc1)S(=O)(=O)O. The number of aliphatic imine (C=N–C) groups is 1. The van der Waals surface area contributed by atoms with Crippen LogP contribution in [0.15, 0.2) is 78.0 Å². The Morgan fingerprint density at radius 3 is 2.30 bits per heavy atom. The van der Waals surface area contributed by atoms with E-state index in [-0.39, 0.29) is 18.3 Å². The van der Waals surface area contributed by atoms with Gasteiger partial charge in [-0.2, -0.15) is 8.42 Å². The average molecular weight is 465 g/mol. The fraction of sp³-hybridized carbons (Fsp3) is 0.208. The van der Waals surface area contributed by atoms with Crippen molar-refractivity contribution in [3.8, 4) is 11.1 Å². The second-order valence-electron chi connectivity index (χ2n) is 7.90. The lowest BCUT2D eigenvalue weighted by Crippen LogP contribution is -2.41. The molecule has 1 aliphatic rings. The first kappa shape index (κ1) is 22.6. The van der Waals surface area contributed by atoms with Crippen LogP contribution >= 0.6 is 0 Å². The largest absolute Gasteiger partial charge is 0.369 e. The Labute approximate surface area is 192 Å². The van der Waals surface area contributed by atoms with Crippen LogP contribution in [0.3, 0.4) is 0 Å². The highest BCUT2D eigenvalue weighted by molar-refractivity contribution is 7.86. The Hall–Kier alpha value is -3.56. The zero-order chi connectivity index (χ0) is 23.8. The minimum atomic E-state index is -4.26. The van der Waals surface area contributed by atoms with Crippen LogP contribution in [0, 0.1) is 0 Å². The molecule has 2 unspecified atom stereocenters. The number of benzene rings is 2. The number of nitrogens with two attached hydrogens (primary N) is 1. The summed E-state index contributed by atoms with van der Waals surface area (Å²) in [4.78, 5) is 23.6. The van der Waals surface area contributed by atoms with Gasteiger partial charge in [0.2, 0.25) is 0 Å². The highest BCUT2D eigenvalue weighted by Crippen LogP contribution is 2.41. The molecule has 2 atom stereocenters. The molecule has 0 spiro atoms. The molecule has 1 aliphatic heterocycles. The van der Waals surface area contributed by atoms with Gasteiger partial charge in [-0.25, -0.2) is 4.99 Å². The van der Waals surface area contributed by atoms with Crippen LogP contribution in [0.4, 0.5) is 0 Å². The summed E-state index contributed by atoms with van der Waals surface area (Å²) < 4.78 is 33.1. The molecule has 0 bridgehead atoms. The normalized spacial score (nSPS) is 19.4. The number of aromatic nitrogens is 1. The van der Waals surface area contributed by atoms with Gasteiger partial charge in [0.25, 0.3) is 16.0 Å². The van der Waals surface area contributed by atoms with Crippen LogP contribution in [0.5, 0.6) is 0 Å². The number of carbonyl (C=O) groups is 1. The molecule has 3 N–H and O–H groups in total. The van der Waals surface area contributed by atoms with Gasteiger partial charge in [-0.05, 0) is 46.4 Å². The molecule has 0 radical (unpaired) electrons. The number of hydrogen-bond donors (Lipinski definition) is 2. The summed E-state index contributed by atoms with van der Waals surface area (Å²) in [6, 6.07) is 17.7. The molecule has 0 saturated carbocycles. The first-order chi connectivity index (χ1) is 15.7. The second-order valence-corrected chi connectivity index (χ2v) is 9.50. The monoisotopic (exact) mass is 464 g/mol. The third kappa shape index (κ3) is 3.90. The number of hydrogen-bond acceptors (Lipinski definition) is 6. The van der Waals surface area contributed by atoms with Crippen molar-refractivity contribution in [1.82, 2.24) is 9.88 Å². The molecule has 0 fully saturated rings. The number of pyridine rings is 1. The third-order valence-corrected chi connectivity index (χ3v) is 7.27. The molecule has 0 saturated heterocycles. The number of rotatable bonds is 6. The second kappa shape index (κ2) is 8.42. The van der Waals surface area contributed by atoms with E-state index in [4.69, 9.17) is 5.73 Å². The van der Waals surface area contributed by atoms with Gasteiger partial charge in [-0.1, -0.05) is 55.5 Å². The zero-order valence-corrected chi connectivity index (χ0v) is 19.0. The predicted molar refractivity (Wildman–Crippen MR) is 126 cm³/mol. The summed E-state index contributed by atoms with van der Waals surface area (Å²) in [7, 11) is -2.70. The van der Waals surface area contributed by atoms with Gasteiger partial charge in [0, 0.05) is 19.4 Å². The van der Waals surface area contributed by atoms with Crippen molar-refractivity contribution in [2.75, 3.05) is 7.05 Å². The number of guanidine groups is 1. The van der Waals surface area contributed by atoms with Crippen molar-refractivity contribution >= 4 is 22.0 Å². The molecule has 1 amide bonds. The fourth-order valence-electron chi connectivity index (χ4n) is 4.20. The summed E-state index contributed by atoms with van der Waals surface area (Å²) in [6.45, 7) is 1.68. The number of amides is 1. The van der Waals surface area contributed by atoms with Gasteiger partial charge in [0.15, 0.2) is 11.5 Å². The van der Waals surface area contributed by atoms with E-state index in [1.54, 1.807) is 50.6 Å². The topological polar surface area (TPSA) is 126 Å². The highest BCUT2D eigenvalue weighted by Gasteiger charge is 2.49. The van der Waals surface area contributed by atoms with Crippen molar-refractivity contribution in [1.29, 1.82) is 0 Å². The van der Waals surface area contributed by atoms with Crippen molar-refractivity contribution in [2.24, 2.45) is 10.7 Å². The van der Waals surface area contributed by atoms with Crippen molar-refractivity contribution in [3.05, 3.63) is 89.7 Å². The maximum atomic E-state index is 13.5. The van der Waals surface area contributed by atoms with Gasteiger partial charge in [-0.15, -0.1) is 0 Å². The van der Waals surface area contributed by atoms with E-state index in [1.807, 2.05) is 36.4 Å².